The molecule has 0 bridgehead atoms. The third-order valence-corrected chi connectivity index (χ3v) is 6.69. The molecule has 3 rings (SSSR count). The van der Waals surface area contributed by atoms with Crippen LogP contribution in [0.2, 0.25) is 0 Å². The third-order valence-electron chi connectivity index (χ3n) is 5.97. The van der Waals surface area contributed by atoms with Gasteiger partial charge < -0.3 is 72.2 Å². The Labute approximate surface area is 229 Å². The summed E-state index contributed by atoms with van der Waals surface area (Å²) < 4.78 is 5.23. The molecule has 0 aliphatic carbocycles. The molecule has 3 aromatic rings. The zero-order valence-corrected chi connectivity index (χ0v) is 21.8. The lowest BCUT2D eigenvalue weighted by Gasteiger charge is -2.27. The van der Waals surface area contributed by atoms with E-state index in [-0.39, 0.29) is 34.9 Å². The van der Waals surface area contributed by atoms with Crippen LogP contribution in [0.3, 0.4) is 0 Å². The van der Waals surface area contributed by atoms with Gasteiger partial charge in [-0.25, -0.2) is 4.98 Å². The maximum absolute atomic E-state index is 12.3. The summed E-state index contributed by atoms with van der Waals surface area (Å²) in [7, 11) is 1.20. The van der Waals surface area contributed by atoms with Gasteiger partial charge in [-0.05, 0) is 6.92 Å². The predicted octanol–water partition coefficient (Wildman–Crippen LogP) is -0.0256. The quantitative estimate of drug-likeness (QED) is 0.0846. The van der Waals surface area contributed by atoms with Crippen LogP contribution in [0.5, 0.6) is 46.0 Å². The molecule has 1 aromatic heterocycles. The summed E-state index contributed by atoms with van der Waals surface area (Å²) in [6, 6.07) is 0. The fourth-order valence-corrected chi connectivity index (χ4v) is 4.51. The molecule has 40 heavy (non-hydrogen) atoms. The summed E-state index contributed by atoms with van der Waals surface area (Å²) in [5, 5.41) is 109. The van der Waals surface area contributed by atoms with Crippen LogP contribution in [0.1, 0.15) is 28.5 Å². The third kappa shape index (κ3) is 5.63. The topological polar surface area (TPSA) is 292 Å². The number of hydrogen-bond donors (Lipinski definition) is 13. The van der Waals surface area contributed by atoms with Gasteiger partial charge in [0.05, 0.1) is 24.8 Å². The first kappa shape index (κ1) is 30.1. The zero-order chi connectivity index (χ0) is 30.1. The number of phenolic OH excluding ortho intramolecular Hbond substituents is 8. The van der Waals surface area contributed by atoms with Crippen molar-refractivity contribution in [3.8, 4) is 46.0 Å². The van der Waals surface area contributed by atoms with Crippen LogP contribution in [0.25, 0.3) is 0 Å². The van der Waals surface area contributed by atoms with Gasteiger partial charge in [-0.2, -0.15) is 0 Å². The van der Waals surface area contributed by atoms with E-state index < -0.39 is 81.6 Å². The number of carbonyl (C=O) groups excluding carboxylic acids is 1. The van der Waals surface area contributed by atoms with Crippen LogP contribution in [0, 0.1) is 6.92 Å². The van der Waals surface area contributed by atoms with Crippen molar-refractivity contribution in [2.24, 2.45) is 0 Å². The molecule has 0 saturated heterocycles. The fraction of sp³-hybridized carbons (Fsp3) is 0.304. The second-order valence-electron chi connectivity index (χ2n) is 8.65. The Morgan fingerprint density at radius 1 is 0.975 bits per heavy atom. The summed E-state index contributed by atoms with van der Waals surface area (Å²) in [4.78, 5) is 16.2. The Kier molecular flexibility index (Phi) is 8.56. The van der Waals surface area contributed by atoms with Crippen molar-refractivity contribution in [1.82, 2.24) is 10.3 Å². The van der Waals surface area contributed by atoms with E-state index in [0.717, 1.165) is 11.3 Å². The number of thiazole rings is 1. The molecule has 0 saturated carbocycles. The molecule has 0 fully saturated rings. The average Bonchev–Trinajstić information content (AvgIpc) is 3.30. The highest BCUT2D eigenvalue weighted by Crippen LogP contribution is 2.53. The lowest BCUT2D eigenvalue weighted by atomic mass is 9.98. The molecule has 0 aliphatic rings. The number of methoxy groups -OCH3 is 1. The summed E-state index contributed by atoms with van der Waals surface area (Å²) in [5.41, 5.74) is 3.64. The Morgan fingerprint density at radius 2 is 1.55 bits per heavy atom. The van der Waals surface area contributed by atoms with Crippen LogP contribution >= 0.6 is 11.3 Å². The second-order valence-corrected chi connectivity index (χ2v) is 9.54. The van der Waals surface area contributed by atoms with Crippen molar-refractivity contribution in [3.63, 3.8) is 0 Å². The number of nitrogen functional groups attached to an aromatic ring is 1. The number of phenols is 8. The molecule has 0 spiro atoms. The first-order valence-corrected chi connectivity index (χ1v) is 12.1. The summed E-state index contributed by atoms with van der Waals surface area (Å²) in [6.07, 6.45) is -1.49. The summed E-state index contributed by atoms with van der Waals surface area (Å²) in [6.45, 7) is 0.0815. The second kappa shape index (κ2) is 11.4. The maximum Gasteiger partial charge on any atom is 0.230 e. The van der Waals surface area contributed by atoms with Crippen molar-refractivity contribution in [3.05, 3.63) is 27.8 Å². The number of aromatic hydroxyl groups is 8. The number of rotatable bonds is 10. The Morgan fingerprint density at radius 3 is 2.08 bits per heavy atom. The molecule has 1 unspecified atom stereocenters. The number of ether oxygens (including phenoxy) is 1. The SMILES string of the molecule is COC(CNCC(O)(O)c1c(O)c(O)c(NC(=O)Cc2csc(N)n2)c(O)c1O)c1c(C)c(O)c(O)c(O)c1O. The van der Waals surface area contributed by atoms with Crippen molar-refractivity contribution in [2.45, 2.75) is 25.2 Å². The Balaban J connectivity index is 1.81. The number of carbonyl (C=O) groups is 1. The number of anilines is 2. The highest BCUT2D eigenvalue weighted by molar-refractivity contribution is 7.13. The van der Waals surface area contributed by atoms with Crippen LogP contribution in [-0.2, 0) is 21.7 Å². The molecular formula is C23H28N4O12S. The normalized spacial score (nSPS) is 12.4. The van der Waals surface area contributed by atoms with Gasteiger partial charge >= 0.3 is 0 Å². The number of amides is 1. The van der Waals surface area contributed by atoms with Gasteiger partial charge in [-0.1, -0.05) is 0 Å². The zero-order valence-electron chi connectivity index (χ0n) is 21.0. The average molecular weight is 585 g/mol. The number of benzene rings is 2. The fourth-order valence-electron chi connectivity index (χ4n) is 3.95. The molecule has 14 N–H and O–H groups in total. The molecule has 218 valence electrons. The Bertz CT molecular complexity index is 1380. The highest BCUT2D eigenvalue weighted by atomic mass is 32.1. The van der Waals surface area contributed by atoms with Gasteiger partial charge in [0.1, 0.15) is 11.3 Å². The summed E-state index contributed by atoms with van der Waals surface area (Å²) in [5.74, 6) is -12.4. The molecule has 0 aliphatic heterocycles. The van der Waals surface area contributed by atoms with Crippen LogP contribution in [-0.4, -0.2) is 82.2 Å². The number of hydrogen-bond acceptors (Lipinski definition) is 16. The standard InChI is InChI=1S/C23H28N4O12S/c1-7-11(15(30)21(36)20(35)14(7)29)9(39-2)4-25-6-23(37,38)12-16(31)18(33)13(19(34)17(12)32)27-10(28)3-8-5-40-22(24)26-8/h5,9,25,29-38H,3-4,6H2,1-2H3,(H2,24,26)(H,27,28). The van der Waals surface area contributed by atoms with Crippen LogP contribution in [0.15, 0.2) is 5.38 Å². The van der Waals surface area contributed by atoms with E-state index in [9.17, 15) is 55.9 Å². The summed E-state index contributed by atoms with van der Waals surface area (Å²) >= 11 is 1.07. The van der Waals surface area contributed by atoms with E-state index in [1.165, 1.54) is 19.4 Å². The van der Waals surface area contributed by atoms with Crippen molar-refractivity contribution < 1.29 is 60.6 Å². The number of aliphatic hydroxyl groups is 2. The minimum absolute atomic E-state index is 0.0540. The minimum Gasteiger partial charge on any atom is -0.504 e. The van der Waals surface area contributed by atoms with E-state index in [0.29, 0.717) is 0 Å². The minimum atomic E-state index is -3.15. The number of nitrogens with two attached hydrogens (primary N) is 1. The monoisotopic (exact) mass is 584 g/mol. The molecule has 1 heterocycles. The highest BCUT2D eigenvalue weighted by Gasteiger charge is 2.38. The van der Waals surface area contributed by atoms with Crippen molar-refractivity contribution in [1.29, 1.82) is 0 Å². The van der Waals surface area contributed by atoms with Gasteiger partial charge in [-0.3, -0.25) is 4.79 Å². The smallest absolute Gasteiger partial charge is 0.230 e. The van der Waals surface area contributed by atoms with E-state index in [1.54, 1.807) is 0 Å². The van der Waals surface area contributed by atoms with Crippen LogP contribution < -0.4 is 16.4 Å². The van der Waals surface area contributed by atoms with E-state index in [1.807, 2.05) is 0 Å². The van der Waals surface area contributed by atoms with Gasteiger partial charge in [0.25, 0.3) is 0 Å². The first-order valence-electron chi connectivity index (χ1n) is 11.3. The van der Waals surface area contributed by atoms with Gasteiger partial charge in [-0.15, -0.1) is 11.3 Å². The van der Waals surface area contributed by atoms with E-state index in [4.69, 9.17) is 10.5 Å². The molecule has 16 nitrogen and oxygen atoms in total. The van der Waals surface area contributed by atoms with Crippen molar-refractivity contribution in [2.75, 3.05) is 31.2 Å². The molecular weight excluding hydrogens is 556 g/mol. The number of aromatic nitrogens is 1. The Hall–Kier alpha value is -4.42. The number of nitrogens with zero attached hydrogens (tertiary/aromatic N) is 1. The lowest BCUT2D eigenvalue weighted by molar-refractivity contribution is -0.168. The molecule has 0 radical (unpaired) electrons. The van der Waals surface area contributed by atoms with Crippen molar-refractivity contribution >= 4 is 28.1 Å². The molecule has 1 atom stereocenters. The predicted molar refractivity (Wildman–Crippen MR) is 139 cm³/mol. The first-order chi connectivity index (χ1) is 18.6. The van der Waals surface area contributed by atoms with Gasteiger partial charge in [0, 0.05) is 30.2 Å². The van der Waals surface area contributed by atoms with Gasteiger partial charge in [0.15, 0.2) is 39.6 Å². The maximum atomic E-state index is 12.3. The lowest BCUT2D eigenvalue weighted by Crippen LogP contribution is -2.40. The molecule has 17 heteroatoms. The van der Waals surface area contributed by atoms with E-state index in [2.05, 4.69) is 15.6 Å². The molecule has 1 amide bonds. The largest absolute Gasteiger partial charge is 0.504 e. The van der Waals surface area contributed by atoms with E-state index >= 15 is 0 Å². The molecule has 2 aromatic carbocycles. The van der Waals surface area contributed by atoms with Crippen LogP contribution in [0.4, 0.5) is 10.8 Å². The number of nitrogens with one attached hydrogen (secondary N) is 2. The van der Waals surface area contributed by atoms with Gasteiger partial charge in [0.2, 0.25) is 23.2 Å².